The van der Waals surface area contributed by atoms with Crippen molar-refractivity contribution in [3.05, 3.63) is 65.9 Å². The van der Waals surface area contributed by atoms with E-state index in [1.165, 1.54) is 12.1 Å². The minimum Gasteiger partial charge on any atom is -0.370 e. The first kappa shape index (κ1) is 20.7. The third-order valence-electron chi connectivity index (χ3n) is 5.53. The molecule has 1 aliphatic rings. The van der Waals surface area contributed by atoms with E-state index in [2.05, 4.69) is 21.3 Å². The minimum absolute atomic E-state index is 0.209. The van der Waals surface area contributed by atoms with Crippen LogP contribution >= 0.6 is 0 Å². The zero-order chi connectivity index (χ0) is 22.0. The molecule has 1 aliphatic heterocycles. The van der Waals surface area contributed by atoms with Gasteiger partial charge in [0, 0.05) is 36.3 Å². The molecule has 0 atom stereocenters. The Hall–Kier alpha value is -3.60. The number of nitrogens with zero attached hydrogens (tertiary/aromatic N) is 3. The van der Waals surface area contributed by atoms with E-state index in [1.54, 1.807) is 6.20 Å². The zero-order valence-electron chi connectivity index (χ0n) is 16.5. The number of fused-ring (bicyclic) bond motifs is 1. The van der Waals surface area contributed by atoms with Crippen molar-refractivity contribution >= 4 is 28.2 Å². The number of para-hydroxylation sites is 1. The molecular formula is C23H19F3N4O. The van der Waals surface area contributed by atoms with E-state index in [0.29, 0.717) is 37.2 Å². The highest BCUT2D eigenvalue weighted by Crippen LogP contribution is 2.33. The van der Waals surface area contributed by atoms with Gasteiger partial charge in [-0.05, 0) is 43.2 Å². The third kappa shape index (κ3) is 4.31. The average Bonchev–Trinajstić information content (AvgIpc) is 2.78. The van der Waals surface area contributed by atoms with Gasteiger partial charge in [-0.2, -0.15) is 18.4 Å². The molecule has 1 aromatic heterocycles. The van der Waals surface area contributed by atoms with Crippen LogP contribution in [0.5, 0.6) is 0 Å². The number of nitrogens with one attached hydrogen (secondary N) is 1. The van der Waals surface area contributed by atoms with Gasteiger partial charge in [0.25, 0.3) is 0 Å². The van der Waals surface area contributed by atoms with Crippen molar-refractivity contribution in [1.29, 1.82) is 5.26 Å². The van der Waals surface area contributed by atoms with E-state index >= 15 is 0 Å². The van der Waals surface area contributed by atoms with Gasteiger partial charge in [-0.3, -0.25) is 9.78 Å². The predicted octanol–water partition coefficient (Wildman–Crippen LogP) is 4.98. The van der Waals surface area contributed by atoms with Gasteiger partial charge >= 0.3 is 6.18 Å². The number of anilines is 2. The number of hydrogen-bond donors (Lipinski definition) is 1. The molecule has 1 saturated heterocycles. The summed E-state index contributed by atoms with van der Waals surface area (Å²) in [5.74, 6) is -0.461. The van der Waals surface area contributed by atoms with Gasteiger partial charge in [0.2, 0.25) is 5.91 Å². The number of amides is 1. The van der Waals surface area contributed by atoms with E-state index in [0.717, 1.165) is 28.7 Å². The quantitative estimate of drug-likeness (QED) is 0.644. The summed E-state index contributed by atoms with van der Waals surface area (Å²) in [5, 5.41) is 13.1. The number of benzene rings is 2. The lowest BCUT2D eigenvalue weighted by atomic mass is 9.94. The Morgan fingerprint density at radius 3 is 2.42 bits per heavy atom. The Kier molecular flexibility index (Phi) is 5.51. The molecule has 0 bridgehead atoms. The molecule has 0 radical (unpaired) electrons. The number of alkyl halides is 3. The van der Waals surface area contributed by atoms with Gasteiger partial charge in [0.05, 0.1) is 22.3 Å². The SMILES string of the molecule is N#Cc1cnc2ccccc2c1N1CCC(C(=O)Nc2ccc(C(F)(F)F)cc2)CC1. The number of pyridine rings is 1. The second-order valence-electron chi connectivity index (χ2n) is 7.48. The van der Waals surface area contributed by atoms with E-state index in [1.807, 2.05) is 24.3 Å². The summed E-state index contributed by atoms with van der Waals surface area (Å²) in [6.45, 7) is 1.18. The molecule has 0 unspecified atom stereocenters. The number of nitriles is 1. The molecule has 2 aromatic carbocycles. The molecule has 4 rings (SSSR count). The summed E-state index contributed by atoms with van der Waals surface area (Å²) in [6, 6.07) is 14.3. The van der Waals surface area contributed by atoms with Crippen molar-refractivity contribution < 1.29 is 18.0 Å². The molecule has 0 spiro atoms. The average molecular weight is 424 g/mol. The molecule has 2 heterocycles. The number of carbonyl (C=O) groups excluding carboxylic acids is 1. The smallest absolute Gasteiger partial charge is 0.370 e. The highest BCUT2D eigenvalue weighted by atomic mass is 19.4. The number of carbonyl (C=O) groups is 1. The monoisotopic (exact) mass is 424 g/mol. The summed E-state index contributed by atoms with van der Waals surface area (Å²) < 4.78 is 38.1. The highest BCUT2D eigenvalue weighted by molar-refractivity contribution is 5.95. The van der Waals surface area contributed by atoms with Gasteiger partial charge in [-0.1, -0.05) is 18.2 Å². The van der Waals surface area contributed by atoms with Crippen molar-refractivity contribution in [3.8, 4) is 6.07 Å². The van der Waals surface area contributed by atoms with Crippen LogP contribution in [0.4, 0.5) is 24.5 Å². The Balaban J connectivity index is 1.44. The Labute approximate surface area is 177 Å². The maximum absolute atomic E-state index is 12.7. The topological polar surface area (TPSA) is 69.0 Å². The fourth-order valence-electron chi connectivity index (χ4n) is 3.90. The largest absolute Gasteiger partial charge is 0.416 e. The van der Waals surface area contributed by atoms with E-state index in [-0.39, 0.29) is 11.8 Å². The fourth-order valence-corrected chi connectivity index (χ4v) is 3.90. The number of halogens is 3. The Morgan fingerprint density at radius 1 is 1.10 bits per heavy atom. The molecule has 31 heavy (non-hydrogen) atoms. The van der Waals surface area contributed by atoms with Crippen molar-refractivity contribution in [1.82, 2.24) is 4.98 Å². The summed E-state index contributed by atoms with van der Waals surface area (Å²) in [5.41, 5.74) is 1.71. The van der Waals surface area contributed by atoms with Crippen LogP contribution in [-0.4, -0.2) is 24.0 Å². The van der Waals surface area contributed by atoms with E-state index < -0.39 is 11.7 Å². The van der Waals surface area contributed by atoms with Crippen LogP contribution in [0.3, 0.4) is 0 Å². The Bertz CT molecular complexity index is 1140. The van der Waals surface area contributed by atoms with Gasteiger partial charge in [0.1, 0.15) is 6.07 Å². The number of aromatic nitrogens is 1. The normalized spacial score (nSPS) is 15.0. The number of piperidine rings is 1. The van der Waals surface area contributed by atoms with Gasteiger partial charge in [-0.15, -0.1) is 0 Å². The minimum atomic E-state index is -4.41. The molecule has 1 fully saturated rings. The van der Waals surface area contributed by atoms with E-state index in [9.17, 15) is 23.2 Å². The maximum Gasteiger partial charge on any atom is 0.416 e. The molecule has 8 heteroatoms. The lowest BCUT2D eigenvalue weighted by Crippen LogP contribution is -2.38. The molecule has 0 aliphatic carbocycles. The molecule has 3 aromatic rings. The van der Waals surface area contributed by atoms with Crippen LogP contribution in [0.2, 0.25) is 0 Å². The first-order valence-corrected chi connectivity index (χ1v) is 9.88. The van der Waals surface area contributed by atoms with Gasteiger partial charge in [0.15, 0.2) is 0 Å². The zero-order valence-corrected chi connectivity index (χ0v) is 16.5. The van der Waals surface area contributed by atoms with Crippen LogP contribution in [-0.2, 0) is 11.0 Å². The molecule has 0 saturated carbocycles. The van der Waals surface area contributed by atoms with Crippen LogP contribution < -0.4 is 10.2 Å². The standard InChI is InChI=1S/C23H19F3N4O/c24-23(25,26)17-5-7-18(8-6-17)29-22(31)15-9-11-30(12-10-15)21-16(13-27)14-28-20-4-2-1-3-19(20)21/h1-8,14-15H,9-12H2,(H,29,31). The van der Waals surface area contributed by atoms with Crippen molar-refractivity contribution in [3.63, 3.8) is 0 Å². The molecule has 5 nitrogen and oxygen atoms in total. The number of rotatable bonds is 3. The van der Waals surface area contributed by atoms with Crippen molar-refractivity contribution in [2.24, 2.45) is 5.92 Å². The summed E-state index contributed by atoms with van der Waals surface area (Å²) in [7, 11) is 0. The van der Waals surface area contributed by atoms with Crippen molar-refractivity contribution in [2.45, 2.75) is 19.0 Å². The third-order valence-corrected chi connectivity index (χ3v) is 5.53. The maximum atomic E-state index is 12.7. The first-order chi connectivity index (χ1) is 14.9. The highest BCUT2D eigenvalue weighted by Gasteiger charge is 2.30. The van der Waals surface area contributed by atoms with Crippen molar-refractivity contribution in [2.75, 3.05) is 23.3 Å². The lowest BCUT2D eigenvalue weighted by molar-refractivity contribution is -0.137. The summed E-state index contributed by atoms with van der Waals surface area (Å²) in [6.07, 6.45) is -1.68. The second kappa shape index (κ2) is 8.26. The van der Waals surface area contributed by atoms with Crippen LogP contribution in [0, 0.1) is 17.2 Å². The first-order valence-electron chi connectivity index (χ1n) is 9.88. The Morgan fingerprint density at radius 2 is 1.77 bits per heavy atom. The molecule has 1 N–H and O–H groups in total. The predicted molar refractivity (Wildman–Crippen MR) is 111 cm³/mol. The van der Waals surface area contributed by atoms with Crippen LogP contribution in [0.25, 0.3) is 10.9 Å². The molecular weight excluding hydrogens is 405 g/mol. The molecule has 158 valence electrons. The van der Waals surface area contributed by atoms with Crippen LogP contribution in [0.1, 0.15) is 24.0 Å². The summed E-state index contributed by atoms with van der Waals surface area (Å²) in [4.78, 5) is 19.1. The molecule has 1 amide bonds. The number of hydrogen-bond acceptors (Lipinski definition) is 4. The lowest BCUT2D eigenvalue weighted by Gasteiger charge is -2.34. The summed E-state index contributed by atoms with van der Waals surface area (Å²) >= 11 is 0. The van der Waals surface area contributed by atoms with Gasteiger partial charge in [-0.25, -0.2) is 0 Å². The van der Waals surface area contributed by atoms with Crippen LogP contribution in [0.15, 0.2) is 54.7 Å². The van der Waals surface area contributed by atoms with Gasteiger partial charge < -0.3 is 10.2 Å². The fraction of sp³-hybridized carbons (Fsp3) is 0.261. The van der Waals surface area contributed by atoms with E-state index in [4.69, 9.17) is 0 Å². The second-order valence-corrected chi connectivity index (χ2v) is 7.48.